The molecule has 1 N–H and O–H groups in total. The van der Waals surface area contributed by atoms with Crippen molar-refractivity contribution < 1.29 is 4.79 Å². The topological polar surface area (TPSA) is 58.6 Å². The van der Waals surface area contributed by atoms with Gasteiger partial charge in [0.15, 0.2) is 5.78 Å². The summed E-state index contributed by atoms with van der Waals surface area (Å²) in [6.45, 7) is 6.35. The van der Waals surface area contributed by atoms with Crippen LogP contribution in [0.3, 0.4) is 0 Å². The Bertz CT molecular complexity index is 538. The zero-order valence-electron chi connectivity index (χ0n) is 10.9. The van der Waals surface area contributed by atoms with E-state index in [-0.39, 0.29) is 11.2 Å². The maximum absolute atomic E-state index is 12.1. The van der Waals surface area contributed by atoms with Gasteiger partial charge in [-0.3, -0.25) is 14.9 Å². The molecule has 2 aromatic rings. The van der Waals surface area contributed by atoms with Gasteiger partial charge in [0.25, 0.3) is 0 Å². The molecule has 2 rings (SSSR count). The number of rotatable bonds is 3. The summed E-state index contributed by atoms with van der Waals surface area (Å²) in [5.41, 5.74) is 2.53. The van der Waals surface area contributed by atoms with E-state index in [0.29, 0.717) is 12.1 Å². The van der Waals surface area contributed by atoms with Gasteiger partial charge in [-0.2, -0.15) is 5.10 Å². The molecule has 94 valence electrons. The normalized spacial score (nSPS) is 11.5. The Kier molecular flexibility index (Phi) is 3.28. The third-order valence-electron chi connectivity index (χ3n) is 2.83. The average molecular weight is 243 g/mol. The van der Waals surface area contributed by atoms with E-state index in [2.05, 4.69) is 36.0 Å². The maximum atomic E-state index is 12.1. The molecule has 0 amide bonds. The van der Waals surface area contributed by atoms with Gasteiger partial charge in [0.2, 0.25) is 0 Å². The van der Waals surface area contributed by atoms with Gasteiger partial charge in [0.1, 0.15) is 5.69 Å². The van der Waals surface area contributed by atoms with Crippen LogP contribution in [0.2, 0.25) is 0 Å². The highest BCUT2D eigenvalue weighted by Crippen LogP contribution is 2.22. The van der Waals surface area contributed by atoms with Crippen LogP contribution in [0.4, 0.5) is 0 Å². The Hall–Kier alpha value is -1.97. The molecule has 0 aromatic carbocycles. The summed E-state index contributed by atoms with van der Waals surface area (Å²) in [6, 6.07) is 3.83. The number of nitrogens with one attached hydrogen (secondary N) is 1. The molecule has 2 heterocycles. The first-order valence-corrected chi connectivity index (χ1v) is 5.94. The van der Waals surface area contributed by atoms with Crippen molar-refractivity contribution in [3.63, 3.8) is 0 Å². The van der Waals surface area contributed by atoms with Gasteiger partial charge in [-0.25, -0.2) is 0 Å². The number of aromatic nitrogens is 3. The highest BCUT2D eigenvalue weighted by atomic mass is 16.1. The van der Waals surface area contributed by atoms with Crippen molar-refractivity contribution in [3.8, 4) is 0 Å². The van der Waals surface area contributed by atoms with Crippen molar-refractivity contribution in [2.75, 3.05) is 0 Å². The zero-order valence-corrected chi connectivity index (χ0v) is 10.9. The minimum absolute atomic E-state index is 0.0162. The molecule has 0 unspecified atom stereocenters. The van der Waals surface area contributed by atoms with Crippen LogP contribution in [-0.2, 0) is 11.8 Å². The zero-order chi connectivity index (χ0) is 13.2. The van der Waals surface area contributed by atoms with Crippen LogP contribution < -0.4 is 0 Å². The van der Waals surface area contributed by atoms with Crippen LogP contribution in [0.25, 0.3) is 0 Å². The molecule has 4 nitrogen and oxygen atoms in total. The summed E-state index contributed by atoms with van der Waals surface area (Å²) < 4.78 is 0. The van der Waals surface area contributed by atoms with Gasteiger partial charge in [0, 0.05) is 18.8 Å². The average Bonchev–Trinajstić information content (AvgIpc) is 2.81. The number of pyridine rings is 1. The first-order valence-electron chi connectivity index (χ1n) is 5.94. The van der Waals surface area contributed by atoms with Crippen molar-refractivity contribution in [2.45, 2.75) is 32.6 Å². The monoisotopic (exact) mass is 243 g/mol. The fourth-order valence-corrected chi connectivity index (χ4v) is 1.70. The molecule has 2 aromatic heterocycles. The van der Waals surface area contributed by atoms with Gasteiger partial charge in [0.05, 0.1) is 6.20 Å². The van der Waals surface area contributed by atoms with Crippen LogP contribution >= 0.6 is 0 Å². The predicted octanol–water partition coefficient (Wildman–Crippen LogP) is 2.53. The molecule has 0 radical (unpaired) electrons. The minimum atomic E-state index is 0.0162. The number of nitrogens with zero attached hydrogens (tertiary/aromatic N) is 2. The number of carbonyl (C=O) groups is 1. The highest BCUT2D eigenvalue weighted by Gasteiger charge is 2.16. The van der Waals surface area contributed by atoms with Crippen molar-refractivity contribution in [3.05, 3.63) is 47.5 Å². The van der Waals surface area contributed by atoms with Gasteiger partial charge < -0.3 is 0 Å². The van der Waals surface area contributed by atoms with Crippen LogP contribution in [0.5, 0.6) is 0 Å². The van der Waals surface area contributed by atoms with Gasteiger partial charge >= 0.3 is 0 Å². The van der Waals surface area contributed by atoms with Crippen molar-refractivity contribution >= 4 is 5.78 Å². The third kappa shape index (κ3) is 2.83. The van der Waals surface area contributed by atoms with Crippen molar-refractivity contribution in [1.82, 2.24) is 15.2 Å². The molecule has 0 bridgehead atoms. The summed E-state index contributed by atoms with van der Waals surface area (Å²) in [5, 5.41) is 6.53. The van der Waals surface area contributed by atoms with E-state index in [4.69, 9.17) is 0 Å². The van der Waals surface area contributed by atoms with Crippen LogP contribution in [0.1, 0.15) is 42.4 Å². The quantitative estimate of drug-likeness (QED) is 0.843. The van der Waals surface area contributed by atoms with Crippen LogP contribution in [-0.4, -0.2) is 21.0 Å². The lowest BCUT2D eigenvalue weighted by atomic mass is 9.87. The Labute approximate surface area is 106 Å². The molecule has 0 atom stereocenters. The number of aromatic amines is 1. The third-order valence-corrected chi connectivity index (χ3v) is 2.83. The second kappa shape index (κ2) is 4.72. The van der Waals surface area contributed by atoms with E-state index in [9.17, 15) is 4.79 Å². The van der Waals surface area contributed by atoms with E-state index in [0.717, 1.165) is 11.1 Å². The van der Waals surface area contributed by atoms with Crippen molar-refractivity contribution in [1.29, 1.82) is 0 Å². The van der Waals surface area contributed by atoms with Gasteiger partial charge in [-0.05, 0) is 28.7 Å². The molecule has 0 aliphatic carbocycles. The van der Waals surface area contributed by atoms with Gasteiger partial charge in [-0.15, -0.1) is 0 Å². The minimum Gasteiger partial charge on any atom is -0.292 e. The number of ketones is 1. The lowest BCUT2D eigenvalue weighted by molar-refractivity contribution is 0.0988. The molecular weight excluding hydrogens is 226 g/mol. The summed E-state index contributed by atoms with van der Waals surface area (Å²) in [6.07, 6.45) is 5.41. The van der Waals surface area contributed by atoms with Crippen LogP contribution in [0, 0.1) is 0 Å². The van der Waals surface area contributed by atoms with E-state index in [1.54, 1.807) is 18.6 Å². The number of hydrogen-bond acceptors (Lipinski definition) is 3. The van der Waals surface area contributed by atoms with Crippen LogP contribution in [0.15, 0.2) is 30.7 Å². The Balaban J connectivity index is 2.21. The summed E-state index contributed by atoms with van der Waals surface area (Å²) in [4.78, 5) is 16.2. The number of H-pyrrole nitrogens is 1. The molecule has 0 spiro atoms. The molecule has 0 aliphatic rings. The largest absolute Gasteiger partial charge is 0.292 e. The number of Topliss-reactive ketones (excluding diaryl/α,β-unsaturated/α-hetero) is 1. The molecule has 4 heteroatoms. The predicted molar refractivity (Wildman–Crippen MR) is 69.6 cm³/mol. The van der Waals surface area contributed by atoms with Crippen molar-refractivity contribution in [2.24, 2.45) is 0 Å². The van der Waals surface area contributed by atoms with E-state index >= 15 is 0 Å². The smallest absolute Gasteiger partial charge is 0.185 e. The highest BCUT2D eigenvalue weighted by molar-refractivity contribution is 5.95. The van der Waals surface area contributed by atoms with Gasteiger partial charge in [-0.1, -0.05) is 20.8 Å². The fraction of sp³-hybridized carbons (Fsp3) is 0.357. The number of hydrogen-bond donors (Lipinski definition) is 1. The summed E-state index contributed by atoms with van der Waals surface area (Å²) in [7, 11) is 0. The second-order valence-electron chi connectivity index (χ2n) is 5.39. The second-order valence-corrected chi connectivity index (χ2v) is 5.39. The van der Waals surface area contributed by atoms with E-state index < -0.39 is 0 Å². The summed E-state index contributed by atoms with van der Waals surface area (Å²) >= 11 is 0. The molecule has 0 saturated heterocycles. The molecule has 0 saturated carbocycles. The first-order chi connectivity index (χ1) is 8.47. The molecule has 0 aliphatic heterocycles. The molecule has 0 fully saturated rings. The SMILES string of the molecule is CC(C)(C)c1ccnc(C(=O)Cc2cn[nH]c2)c1. The molecule has 18 heavy (non-hydrogen) atoms. The maximum Gasteiger partial charge on any atom is 0.185 e. The standard InChI is InChI=1S/C14H17N3O/c1-14(2,3)11-4-5-15-12(7-11)13(18)6-10-8-16-17-9-10/h4-5,7-9H,6H2,1-3H3,(H,16,17). The summed E-state index contributed by atoms with van der Waals surface area (Å²) in [5.74, 6) is 0.0162. The number of carbonyl (C=O) groups excluding carboxylic acids is 1. The lowest BCUT2D eigenvalue weighted by Crippen LogP contribution is -2.14. The Morgan fingerprint density at radius 3 is 2.78 bits per heavy atom. The van der Waals surface area contributed by atoms with E-state index in [1.807, 2.05) is 12.1 Å². The van der Waals surface area contributed by atoms with E-state index in [1.165, 1.54) is 0 Å². The Morgan fingerprint density at radius 2 is 2.17 bits per heavy atom. The first kappa shape index (κ1) is 12.5. The lowest BCUT2D eigenvalue weighted by Gasteiger charge is -2.19. The molecular formula is C14H17N3O. The fourth-order valence-electron chi connectivity index (χ4n) is 1.70. The Morgan fingerprint density at radius 1 is 1.39 bits per heavy atom.